The summed E-state index contributed by atoms with van der Waals surface area (Å²) in [5.41, 5.74) is 14.5. The number of para-hydroxylation sites is 2. The van der Waals surface area contributed by atoms with E-state index >= 15 is 0 Å². The lowest BCUT2D eigenvalue weighted by molar-refractivity contribution is 0.672. The van der Waals surface area contributed by atoms with Crippen molar-refractivity contribution in [3.63, 3.8) is 0 Å². The van der Waals surface area contributed by atoms with Crippen molar-refractivity contribution in [2.75, 3.05) is 4.90 Å². The summed E-state index contributed by atoms with van der Waals surface area (Å²) in [6, 6.07) is 85.5. The first-order valence-electron chi connectivity index (χ1n) is 21.2. The normalized spacial score (nSPS) is 11.5. The molecule has 62 heavy (non-hydrogen) atoms. The van der Waals surface area contributed by atoms with Crippen LogP contribution in [-0.4, -0.2) is 0 Å². The fourth-order valence-corrected chi connectivity index (χ4v) is 9.42. The van der Waals surface area contributed by atoms with Crippen molar-refractivity contribution in [3.05, 3.63) is 237 Å². The van der Waals surface area contributed by atoms with Crippen LogP contribution in [0, 0.1) is 0 Å². The maximum Gasteiger partial charge on any atom is 0.143 e. The zero-order chi connectivity index (χ0) is 41.0. The van der Waals surface area contributed by atoms with Gasteiger partial charge in [0, 0.05) is 33.1 Å². The SMILES string of the molecule is c1cc(-c2ccc(N(c3ccc(-c4ccc5ccccc5c4)cc3)c3ccccc3-c3cccc4c3ccc3c5ccccc5oc43)cc2)cc(-c2cccc3ccccc23)c1. The Hall–Kier alpha value is -8.20. The second-order valence-corrected chi connectivity index (χ2v) is 16.1. The van der Waals surface area contributed by atoms with E-state index in [4.69, 9.17) is 4.42 Å². The van der Waals surface area contributed by atoms with Crippen molar-refractivity contribution >= 4 is 71.3 Å². The molecule has 0 amide bonds. The largest absolute Gasteiger partial charge is 0.455 e. The Kier molecular flexibility index (Phi) is 8.53. The molecule has 12 rings (SSSR count). The monoisotopic (exact) mass is 789 g/mol. The molecule has 0 atom stereocenters. The smallest absolute Gasteiger partial charge is 0.143 e. The Morgan fingerprint density at radius 2 is 0.806 bits per heavy atom. The average molecular weight is 790 g/mol. The number of hydrogen-bond acceptors (Lipinski definition) is 2. The topological polar surface area (TPSA) is 16.4 Å². The highest BCUT2D eigenvalue weighted by Crippen LogP contribution is 2.45. The number of anilines is 3. The van der Waals surface area contributed by atoms with Gasteiger partial charge < -0.3 is 9.32 Å². The van der Waals surface area contributed by atoms with E-state index in [1.54, 1.807) is 0 Å². The summed E-state index contributed by atoms with van der Waals surface area (Å²) >= 11 is 0. The highest BCUT2D eigenvalue weighted by molar-refractivity contribution is 6.18. The third-order valence-electron chi connectivity index (χ3n) is 12.5. The molecule has 11 aromatic carbocycles. The minimum atomic E-state index is 0.905. The van der Waals surface area contributed by atoms with Crippen LogP contribution in [0.4, 0.5) is 17.1 Å². The lowest BCUT2D eigenvalue weighted by atomic mass is 9.94. The van der Waals surface area contributed by atoms with E-state index in [9.17, 15) is 0 Å². The first-order valence-corrected chi connectivity index (χ1v) is 21.2. The number of fused-ring (bicyclic) bond motifs is 7. The van der Waals surface area contributed by atoms with Crippen LogP contribution >= 0.6 is 0 Å². The lowest BCUT2D eigenvalue weighted by Crippen LogP contribution is -2.11. The maximum atomic E-state index is 6.53. The van der Waals surface area contributed by atoms with Crippen LogP contribution in [0.3, 0.4) is 0 Å². The average Bonchev–Trinajstić information content (AvgIpc) is 3.74. The zero-order valence-electron chi connectivity index (χ0n) is 33.9. The van der Waals surface area contributed by atoms with Gasteiger partial charge in [-0.05, 0) is 120 Å². The summed E-state index contributed by atoms with van der Waals surface area (Å²) in [6.45, 7) is 0. The molecule has 12 aromatic rings. The van der Waals surface area contributed by atoms with Crippen LogP contribution in [0.25, 0.3) is 98.8 Å². The lowest BCUT2D eigenvalue weighted by Gasteiger charge is -2.28. The highest BCUT2D eigenvalue weighted by atomic mass is 16.3. The molecule has 0 aliphatic carbocycles. The molecule has 0 saturated heterocycles. The second-order valence-electron chi connectivity index (χ2n) is 16.1. The predicted molar refractivity (Wildman–Crippen MR) is 263 cm³/mol. The summed E-state index contributed by atoms with van der Waals surface area (Å²) < 4.78 is 6.53. The fourth-order valence-electron chi connectivity index (χ4n) is 9.42. The van der Waals surface area contributed by atoms with Gasteiger partial charge in [-0.1, -0.05) is 182 Å². The third-order valence-corrected chi connectivity index (χ3v) is 12.5. The minimum absolute atomic E-state index is 0.905. The summed E-state index contributed by atoms with van der Waals surface area (Å²) in [7, 11) is 0. The van der Waals surface area contributed by atoms with E-state index < -0.39 is 0 Å². The fraction of sp³-hybridized carbons (Fsp3) is 0. The number of nitrogens with zero attached hydrogens (tertiary/aromatic N) is 1. The van der Waals surface area contributed by atoms with Crippen LogP contribution < -0.4 is 4.90 Å². The Morgan fingerprint density at radius 3 is 1.63 bits per heavy atom. The summed E-state index contributed by atoms with van der Waals surface area (Å²) in [5.74, 6) is 0. The highest BCUT2D eigenvalue weighted by Gasteiger charge is 2.20. The number of benzene rings is 11. The van der Waals surface area contributed by atoms with Gasteiger partial charge in [0.1, 0.15) is 11.2 Å². The molecule has 0 bridgehead atoms. The Bertz CT molecular complexity index is 3630. The van der Waals surface area contributed by atoms with Gasteiger partial charge in [-0.2, -0.15) is 0 Å². The van der Waals surface area contributed by atoms with Gasteiger partial charge in [-0.25, -0.2) is 0 Å². The van der Waals surface area contributed by atoms with Crippen molar-refractivity contribution in [2.45, 2.75) is 0 Å². The maximum absolute atomic E-state index is 6.53. The Labute approximate surface area is 360 Å². The first kappa shape index (κ1) is 35.7. The van der Waals surface area contributed by atoms with Crippen LogP contribution in [-0.2, 0) is 0 Å². The molecule has 1 aromatic heterocycles. The van der Waals surface area contributed by atoms with Gasteiger partial charge in [-0.3, -0.25) is 0 Å². The van der Waals surface area contributed by atoms with Gasteiger partial charge in [0.2, 0.25) is 0 Å². The molecule has 0 spiro atoms. The van der Waals surface area contributed by atoms with Crippen molar-refractivity contribution in [3.8, 4) is 44.5 Å². The molecule has 1 heterocycles. The van der Waals surface area contributed by atoms with E-state index in [1.165, 1.54) is 54.9 Å². The molecule has 0 saturated carbocycles. The molecule has 0 radical (unpaired) electrons. The molecule has 0 unspecified atom stereocenters. The first-order chi connectivity index (χ1) is 30.7. The van der Waals surface area contributed by atoms with Crippen LogP contribution in [0.15, 0.2) is 241 Å². The van der Waals surface area contributed by atoms with E-state index in [1.807, 2.05) is 6.07 Å². The van der Waals surface area contributed by atoms with Crippen LogP contribution in [0.1, 0.15) is 0 Å². The van der Waals surface area contributed by atoms with Gasteiger partial charge in [-0.15, -0.1) is 0 Å². The number of rotatable bonds is 7. The summed E-state index contributed by atoms with van der Waals surface area (Å²) in [5, 5.41) is 9.52. The van der Waals surface area contributed by atoms with Crippen molar-refractivity contribution < 1.29 is 4.42 Å². The van der Waals surface area contributed by atoms with Crippen molar-refractivity contribution in [1.82, 2.24) is 0 Å². The summed E-state index contributed by atoms with van der Waals surface area (Å²) in [6.07, 6.45) is 0. The quantitative estimate of drug-likeness (QED) is 0.160. The van der Waals surface area contributed by atoms with Crippen molar-refractivity contribution in [1.29, 1.82) is 0 Å². The number of hydrogen-bond donors (Lipinski definition) is 0. The molecule has 0 aliphatic rings. The molecule has 290 valence electrons. The standard InChI is InChI=1S/C60H39NO/c1-2-14-44-38-46(27-26-40(44)12-1)42-30-34-49(35-31-42)61(48-32-28-41(29-33-48)45-16-9-17-47(39-45)51-21-10-15-43-13-3-4-18-50(43)51)58-24-7-5-19-54(58)52-22-11-23-56-53(52)36-37-57-55-20-6-8-25-59(55)62-60(56)57/h1-39H. The Balaban J connectivity index is 0.984. The van der Waals surface area contributed by atoms with E-state index in [0.717, 1.165) is 60.9 Å². The Morgan fingerprint density at radius 1 is 0.274 bits per heavy atom. The van der Waals surface area contributed by atoms with E-state index in [0.29, 0.717) is 0 Å². The van der Waals surface area contributed by atoms with Gasteiger partial charge in [0.25, 0.3) is 0 Å². The molecular formula is C60H39NO. The minimum Gasteiger partial charge on any atom is -0.455 e. The van der Waals surface area contributed by atoms with Crippen LogP contribution in [0.5, 0.6) is 0 Å². The predicted octanol–water partition coefficient (Wildman–Crippen LogP) is 17.2. The molecule has 2 nitrogen and oxygen atoms in total. The molecule has 0 N–H and O–H groups in total. The molecular weight excluding hydrogens is 751 g/mol. The number of furan rings is 1. The van der Waals surface area contributed by atoms with E-state index in [-0.39, 0.29) is 0 Å². The third kappa shape index (κ3) is 6.12. The van der Waals surface area contributed by atoms with Crippen molar-refractivity contribution in [2.24, 2.45) is 0 Å². The molecule has 2 heteroatoms. The molecule has 0 fully saturated rings. The zero-order valence-corrected chi connectivity index (χ0v) is 33.9. The van der Waals surface area contributed by atoms with Gasteiger partial charge in [0.15, 0.2) is 0 Å². The van der Waals surface area contributed by atoms with E-state index in [2.05, 4.69) is 235 Å². The van der Waals surface area contributed by atoms with Gasteiger partial charge in [0.05, 0.1) is 5.69 Å². The molecule has 0 aliphatic heterocycles. The summed E-state index contributed by atoms with van der Waals surface area (Å²) in [4.78, 5) is 2.40. The van der Waals surface area contributed by atoms with Crippen LogP contribution in [0.2, 0.25) is 0 Å². The van der Waals surface area contributed by atoms with Gasteiger partial charge >= 0.3 is 0 Å². The second kappa shape index (κ2) is 14.8.